The molecule has 0 aromatic carbocycles. The zero-order valence-electron chi connectivity index (χ0n) is 9.42. The van der Waals surface area contributed by atoms with Gasteiger partial charge in [0.1, 0.15) is 6.29 Å². The van der Waals surface area contributed by atoms with Crippen LogP contribution in [0.25, 0.3) is 0 Å². The number of aldehydes is 1. The number of likely N-dealkylation sites (tertiary alicyclic amines) is 1. The fourth-order valence-electron chi connectivity index (χ4n) is 2.54. The van der Waals surface area contributed by atoms with E-state index in [0.717, 1.165) is 19.1 Å². The number of rotatable bonds is 1. The number of carbonyl (C=O) groups is 1. The normalized spacial score (nSPS) is 28.7. The average molecular weight is 183 g/mol. The Morgan fingerprint density at radius 3 is 1.85 bits per heavy atom. The summed E-state index contributed by atoms with van der Waals surface area (Å²) in [6, 6.07) is 0. The van der Waals surface area contributed by atoms with Gasteiger partial charge in [-0.15, -0.1) is 0 Å². The van der Waals surface area contributed by atoms with Crippen molar-refractivity contribution in [1.82, 2.24) is 4.90 Å². The fraction of sp³-hybridized carbons (Fsp3) is 0.909. The highest BCUT2D eigenvalue weighted by Crippen LogP contribution is 2.38. The number of hydrogen-bond acceptors (Lipinski definition) is 2. The number of carbonyl (C=O) groups excluding carboxylic acids is 1. The third-order valence-electron chi connectivity index (χ3n) is 3.53. The van der Waals surface area contributed by atoms with E-state index in [1.54, 1.807) is 0 Å². The Labute approximate surface area is 81.3 Å². The van der Waals surface area contributed by atoms with Crippen LogP contribution in [-0.4, -0.2) is 29.3 Å². The van der Waals surface area contributed by atoms with Crippen LogP contribution in [0.5, 0.6) is 0 Å². The highest BCUT2D eigenvalue weighted by Gasteiger charge is 2.42. The standard InChI is InChI=1S/C11H21NO/c1-10(2)6-9(8-13)7-11(3,4)12(10)5/h8-9H,6-7H2,1-5H3. The molecule has 0 aliphatic carbocycles. The summed E-state index contributed by atoms with van der Waals surface area (Å²) in [4.78, 5) is 13.2. The zero-order valence-corrected chi connectivity index (χ0v) is 9.42. The van der Waals surface area contributed by atoms with Crippen molar-refractivity contribution in [1.29, 1.82) is 0 Å². The van der Waals surface area contributed by atoms with Crippen LogP contribution >= 0.6 is 0 Å². The average Bonchev–Trinajstić information content (AvgIpc) is 1.99. The van der Waals surface area contributed by atoms with E-state index in [9.17, 15) is 4.79 Å². The van der Waals surface area contributed by atoms with Crippen molar-refractivity contribution in [2.45, 2.75) is 51.6 Å². The van der Waals surface area contributed by atoms with Crippen molar-refractivity contribution in [3.8, 4) is 0 Å². The van der Waals surface area contributed by atoms with Gasteiger partial charge in [-0.3, -0.25) is 4.90 Å². The van der Waals surface area contributed by atoms with Crippen LogP contribution in [0.1, 0.15) is 40.5 Å². The van der Waals surface area contributed by atoms with Crippen LogP contribution in [-0.2, 0) is 4.79 Å². The quantitative estimate of drug-likeness (QED) is 0.580. The molecule has 0 bridgehead atoms. The Balaban J connectivity index is 2.88. The van der Waals surface area contributed by atoms with E-state index < -0.39 is 0 Å². The minimum Gasteiger partial charge on any atom is -0.303 e. The molecule has 1 aliphatic heterocycles. The SMILES string of the molecule is CN1C(C)(C)CC(C=O)CC1(C)C. The largest absolute Gasteiger partial charge is 0.303 e. The summed E-state index contributed by atoms with van der Waals surface area (Å²) in [7, 11) is 2.15. The van der Waals surface area contributed by atoms with E-state index in [0.29, 0.717) is 0 Å². The minimum atomic E-state index is 0.146. The number of piperidine rings is 1. The molecule has 1 aliphatic rings. The second-order valence-electron chi connectivity index (χ2n) is 5.49. The highest BCUT2D eigenvalue weighted by atomic mass is 16.1. The second kappa shape index (κ2) is 3.09. The van der Waals surface area contributed by atoms with Crippen molar-refractivity contribution in [2.75, 3.05) is 7.05 Å². The topological polar surface area (TPSA) is 20.3 Å². The molecule has 0 amide bonds. The van der Waals surface area contributed by atoms with Crippen LogP contribution in [0.2, 0.25) is 0 Å². The molecule has 0 atom stereocenters. The Kier molecular flexibility index (Phi) is 2.54. The van der Waals surface area contributed by atoms with Crippen molar-refractivity contribution in [2.24, 2.45) is 5.92 Å². The molecule has 0 aromatic rings. The van der Waals surface area contributed by atoms with Gasteiger partial charge in [-0.2, -0.15) is 0 Å². The molecule has 0 N–H and O–H groups in total. The summed E-state index contributed by atoms with van der Waals surface area (Å²) in [6.07, 6.45) is 3.09. The first-order valence-corrected chi connectivity index (χ1v) is 4.99. The van der Waals surface area contributed by atoms with Crippen molar-refractivity contribution in [3.05, 3.63) is 0 Å². The summed E-state index contributed by atoms with van der Waals surface area (Å²) in [5.41, 5.74) is 0.292. The lowest BCUT2D eigenvalue weighted by Crippen LogP contribution is -2.58. The predicted octanol–water partition coefficient (Wildman–Crippen LogP) is 2.08. The Morgan fingerprint density at radius 2 is 1.54 bits per heavy atom. The summed E-state index contributed by atoms with van der Waals surface area (Å²) in [5.74, 6) is 0.237. The van der Waals surface area contributed by atoms with Gasteiger partial charge < -0.3 is 4.79 Å². The molecule has 76 valence electrons. The highest BCUT2D eigenvalue weighted by molar-refractivity contribution is 5.54. The molecule has 2 heteroatoms. The molecule has 0 saturated carbocycles. The summed E-state index contributed by atoms with van der Waals surface area (Å²) in [6.45, 7) is 8.85. The first-order chi connectivity index (χ1) is 5.79. The molecule has 0 unspecified atom stereocenters. The van der Waals surface area contributed by atoms with Gasteiger partial charge in [0.25, 0.3) is 0 Å². The van der Waals surface area contributed by atoms with E-state index in [4.69, 9.17) is 0 Å². The smallest absolute Gasteiger partial charge is 0.123 e. The third kappa shape index (κ3) is 1.93. The van der Waals surface area contributed by atoms with Gasteiger partial charge in [0.05, 0.1) is 0 Å². The van der Waals surface area contributed by atoms with Crippen LogP contribution in [0.4, 0.5) is 0 Å². The number of hydrogen-bond donors (Lipinski definition) is 0. The van der Waals surface area contributed by atoms with E-state index >= 15 is 0 Å². The van der Waals surface area contributed by atoms with E-state index in [1.807, 2.05) is 0 Å². The van der Waals surface area contributed by atoms with Crippen LogP contribution in [0.3, 0.4) is 0 Å². The van der Waals surface area contributed by atoms with Crippen molar-refractivity contribution < 1.29 is 4.79 Å². The van der Waals surface area contributed by atoms with Gasteiger partial charge in [-0.1, -0.05) is 0 Å². The maximum absolute atomic E-state index is 10.8. The molecular weight excluding hydrogens is 162 g/mol. The molecule has 13 heavy (non-hydrogen) atoms. The lowest BCUT2D eigenvalue weighted by Gasteiger charge is -2.52. The van der Waals surface area contributed by atoms with Crippen molar-refractivity contribution in [3.63, 3.8) is 0 Å². The Bertz CT molecular complexity index is 190. The maximum Gasteiger partial charge on any atom is 0.123 e. The Hall–Kier alpha value is -0.370. The van der Waals surface area contributed by atoms with E-state index in [-0.39, 0.29) is 17.0 Å². The van der Waals surface area contributed by atoms with E-state index in [2.05, 4.69) is 39.6 Å². The molecule has 0 spiro atoms. The van der Waals surface area contributed by atoms with E-state index in [1.165, 1.54) is 0 Å². The number of nitrogens with zero attached hydrogens (tertiary/aromatic N) is 1. The molecule has 1 heterocycles. The Morgan fingerprint density at radius 1 is 1.15 bits per heavy atom. The zero-order chi connectivity index (χ0) is 10.3. The second-order valence-corrected chi connectivity index (χ2v) is 5.49. The maximum atomic E-state index is 10.8. The van der Waals surface area contributed by atoms with Gasteiger partial charge in [0, 0.05) is 17.0 Å². The molecular formula is C11H21NO. The van der Waals surface area contributed by atoms with Gasteiger partial charge in [-0.25, -0.2) is 0 Å². The fourth-order valence-corrected chi connectivity index (χ4v) is 2.54. The first-order valence-electron chi connectivity index (χ1n) is 4.99. The lowest BCUT2D eigenvalue weighted by atomic mass is 9.75. The molecule has 2 nitrogen and oxygen atoms in total. The predicted molar refractivity (Wildman–Crippen MR) is 54.7 cm³/mol. The summed E-state index contributed by atoms with van der Waals surface area (Å²) in [5, 5.41) is 0. The molecule has 1 saturated heterocycles. The minimum absolute atomic E-state index is 0.146. The molecule has 0 aromatic heterocycles. The summed E-state index contributed by atoms with van der Waals surface area (Å²) < 4.78 is 0. The van der Waals surface area contributed by atoms with Gasteiger partial charge >= 0.3 is 0 Å². The van der Waals surface area contributed by atoms with Gasteiger partial charge in [0.15, 0.2) is 0 Å². The van der Waals surface area contributed by atoms with Crippen LogP contribution in [0, 0.1) is 5.92 Å². The molecule has 0 radical (unpaired) electrons. The lowest BCUT2D eigenvalue weighted by molar-refractivity contribution is -0.117. The molecule has 1 rings (SSSR count). The van der Waals surface area contributed by atoms with Crippen LogP contribution in [0.15, 0.2) is 0 Å². The summed E-state index contributed by atoms with van der Waals surface area (Å²) >= 11 is 0. The monoisotopic (exact) mass is 183 g/mol. The van der Waals surface area contributed by atoms with Gasteiger partial charge in [-0.05, 0) is 47.6 Å². The third-order valence-corrected chi connectivity index (χ3v) is 3.53. The van der Waals surface area contributed by atoms with Gasteiger partial charge in [0.2, 0.25) is 0 Å². The molecule has 1 fully saturated rings. The first kappa shape index (κ1) is 10.7. The van der Waals surface area contributed by atoms with Crippen molar-refractivity contribution >= 4 is 6.29 Å². The van der Waals surface area contributed by atoms with Crippen LogP contribution < -0.4 is 0 Å².